The van der Waals surface area contributed by atoms with Crippen LogP contribution in [0.4, 0.5) is 13.2 Å². The molecule has 152 valence electrons. The molecule has 3 rings (SSSR count). The molecule has 0 saturated carbocycles. The number of hydrogen-bond donors (Lipinski definition) is 0. The van der Waals surface area contributed by atoms with E-state index in [0.29, 0.717) is 12.2 Å². The summed E-state index contributed by atoms with van der Waals surface area (Å²) >= 11 is 0. The SMILES string of the molecule is CCc1ccc(-c2ccc(OC(CCCC(F)(F)F)c3ccccc3)cc2)cc1. The summed E-state index contributed by atoms with van der Waals surface area (Å²) in [6.07, 6.45) is -4.01. The zero-order valence-electron chi connectivity index (χ0n) is 16.5. The molecular formula is C25H25F3O. The van der Waals surface area contributed by atoms with Crippen molar-refractivity contribution in [2.45, 2.75) is 44.9 Å². The second-order valence-corrected chi connectivity index (χ2v) is 7.10. The lowest BCUT2D eigenvalue weighted by atomic mass is 10.0. The molecule has 0 saturated heterocycles. The van der Waals surface area contributed by atoms with E-state index in [2.05, 4.69) is 31.2 Å². The highest BCUT2D eigenvalue weighted by Crippen LogP contribution is 2.31. The van der Waals surface area contributed by atoms with E-state index < -0.39 is 18.7 Å². The van der Waals surface area contributed by atoms with E-state index in [1.165, 1.54) is 5.56 Å². The minimum atomic E-state index is -4.14. The van der Waals surface area contributed by atoms with Gasteiger partial charge in [-0.3, -0.25) is 0 Å². The lowest BCUT2D eigenvalue weighted by Gasteiger charge is -2.20. The van der Waals surface area contributed by atoms with Gasteiger partial charge >= 0.3 is 6.18 Å². The van der Waals surface area contributed by atoms with Crippen LogP contribution < -0.4 is 4.74 Å². The molecule has 0 N–H and O–H groups in total. The van der Waals surface area contributed by atoms with Gasteiger partial charge in [-0.2, -0.15) is 13.2 Å². The van der Waals surface area contributed by atoms with Crippen molar-refractivity contribution >= 4 is 0 Å². The smallest absolute Gasteiger partial charge is 0.389 e. The highest BCUT2D eigenvalue weighted by Gasteiger charge is 2.27. The average molecular weight is 398 g/mol. The molecule has 0 aromatic heterocycles. The first kappa shape index (κ1) is 21.0. The first-order valence-electron chi connectivity index (χ1n) is 9.92. The van der Waals surface area contributed by atoms with Crippen LogP contribution >= 0.6 is 0 Å². The number of benzene rings is 3. The molecular weight excluding hydrogens is 373 g/mol. The molecule has 0 fully saturated rings. The Morgan fingerprint density at radius 2 is 1.38 bits per heavy atom. The van der Waals surface area contributed by atoms with E-state index in [0.717, 1.165) is 23.1 Å². The summed E-state index contributed by atoms with van der Waals surface area (Å²) in [7, 11) is 0. The van der Waals surface area contributed by atoms with Crippen LogP contribution in [0.3, 0.4) is 0 Å². The highest BCUT2D eigenvalue weighted by atomic mass is 19.4. The number of alkyl halides is 3. The van der Waals surface area contributed by atoms with Crippen molar-refractivity contribution in [2.24, 2.45) is 0 Å². The van der Waals surface area contributed by atoms with Gasteiger partial charge < -0.3 is 4.74 Å². The lowest BCUT2D eigenvalue weighted by Crippen LogP contribution is -2.11. The molecule has 0 aliphatic rings. The van der Waals surface area contributed by atoms with Crippen molar-refractivity contribution in [1.82, 2.24) is 0 Å². The first-order valence-corrected chi connectivity index (χ1v) is 9.92. The molecule has 0 radical (unpaired) electrons. The predicted molar refractivity (Wildman–Crippen MR) is 111 cm³/mol. The predicted octanol–water partition coefficient (Wildman–Crippen LogP) is 7.77. The Hall–Kier alpha value is -2.75. The average Bonchev–Trinajstić information content (AvgIpc) is 2.73. The number of ether oxygens (including phenoxy) is 1. The third kappa shape index (κ3) is 6.38. The van der Waals surface area contributed by atoms with Gasteiger partial charge in [0.2, 0.25) is 0 Å². The quantitative estimate of drug-likeness (QED) is 0.377. The maximum atomic E-state index is 12.5. The maximum Gasteiger partial charge on any atom is 0.389 e. The molecule has 0 bridgehead atoms. The van der Waals surface area contributed by atoms with E-state index in [1.807, 2.05) is 54.6 Å². The van der Waals surface area contributed by atoms with Crippen LogP contribution in [0.1, 0.15) is 43.4 Å². The highest BCUT2D eigenvalue weighted by molar-refractivity contribution is 5.64. The van der Waals surface area contributed by atoms with Crippen LogP contribution in [-0.2, 0) is 6.42 Å². The van der Waals surface area contributed by atoms with Gasteiger partial charge in [0.1, 0.15) is 11.9 Å². The van der Waals surface area contributed by atoms with Gasteiger partial charge in [-0.25, -0.2) is 0 Å². The normalized spacial score (nSPS) is 12.6. The van der Waals surface area contributed by atoms with E-state index in [1.54, 1.807) is 0 Å². The Morgan fingerprint density at radius 1 is 0.793 bits per heavy atom. The van der Waals surface area contributed by atoms with E-state index in [9.17, 15) is 13.2 Å². The third-order valence-corrected chi connectivity index (χ3v) is 4.93. The van der Waals surface area contributed by atoms with Gasteiger partial charge in [0, 0.05) is 6.42 Å². The summed E-state index contributed by atoms with van der Waals surface area (Å²) in [6.45, 7) is 2.12. The molecule has 1 nitrogen and oxygen atoms in total. The topological polar surface area (TPSA) is 9.23 Å². The Morgan fingerprint density at radius 3 is 1.93 bits per heavy atom. The number of halogens is 3. The van der Waals surface area contributed by atoms with Gasteiger partial charge in [0.15, 0.2) is 0 Å². The zero-order chi connectivity index (χ0) is 20.7. The summed E-state index contributed by atoms with van der Waals surface area (Å²) in [5.74, 6) is 0.653. The van der Waals surface area contributed by atoms with Crippen molar-refractivity contribution < 1.29 is 17.9 Å². The Balaban J connectivity index is 1.71. The lowest BCUT2D eigenvalue weighted by molar-refractivity contribution is -0.136. The second-order valence-electron chi connectivity index (χ2n) is 7.10. The molecule has 29 heavy (non-hydrogen) atoms. The van der Waals surface area contributed by atoms with Crippen LogP contribution in [0.25, 0.3) is 11.1 Å². The van der Waals surface area contributed by atoms with Crippen LogP contribution in [0, 0.1) is 0 Å². The van der Waals surface area contributed by atoms with Gasteiger partial charge in [-0.05, 0) is 53.6 Å². The van der Waals surface area contributed by atoms with Gasteiger partial charge in [-0.1, -0.05) is 73.7 Å². The van der Waals surface area contributed by atoms with E-state index >= 15 is 0 Å². The van der Waals surface area contributed by atoms with Crippen LogP contribution in [-0.4, -0.2) is 6.18 Å². The van der Waals surface area contributed by atoms with Crippen molar-refractivity contribution in [3.8, 4) is 16.9 Å². The molecule has 0 aliphatic heterocycles. The molecule has 0 amide bonds. The van der Waals surface area contributed by atoms with Gasteiger partial charge in [-0.15, -0.1) is 0 Å². The van der Waals surface area contributed by atoms with E-state index in [4.69, 9.17) is 4.74 Å². The van der Waals surface area contributed by atoms with Crippen molar-refractivity contribution in [2.75, 3.05) is 0 Å². The minimum Gasteiger partial charge on any atom is -0.486 e. The molecule has 0 heterocycles. The standard InChI is InChI=1S/C25H25F3O/c1-2-19-10-12-20(13-11-19)21-14-16-23(17-15-21)29-24(9-6-18-25(26,27)28)22-7-4-3-5-8-22/h3-5,7-8,10-17,24H,2,6,9,18H2,1H3. The Labute approximate surface area is 170 Å². The molecule has 1 atom stereocenters. The first-order chi connectivity index (χ1) is 13.9. The summed E-state index contributed by atoms with van der Waals surface area (Å²) < 4.78 is 43.7. The summed E-state index contributed by atoms with van der Waals surface area (Å²) in [6, 6.07) is 25.6. The maximum absolute atomic E-state index is 12.5. The van der Waals surface area contributed by atoms with Crippen LogP contribution in [0.15, 0.2) is 78.9 Å². The number of rotatable bonds is 8. The molecule has 3 aromatic carbocycles. The fourth-order valence-electron chi connectivity index (χ4n) is 3.27. The fraction of sp³-hybridized carbons (Fsp3) is 0.280. The molecule has 1 unspecified atom stereocenters. The molecule has 0 spiro atoms. The van der Waals surface area contributed by atoms with Crippen molar-refractivity contribution in [3.63, 3.8) is 0 Å². The monoisotopic (exact) mass is 398 g/mol. The zero-order valence-corrected chi connectivity index (χ0v) is 16.5. The summed E-state index contributed by atoms with van der Waals surface area (Å²) in [5.41, 5.74) is 4.37. The second kappa shape index (κ2) is 9.64. The number of hydrogen-bond acceptors (Lipinski definition) is 1. The largest absolute Gasteiger partial charge is 0.486 e. The minimum absolute atomic E-state index is 0.0327. The Kier molecular flexibility index (Phi) is 6.97. The summed E-state index contributed by atoms with van der Waals surface area (Å²) in [5, 5.41) is 0. The molecule has 3 aromatic rings. The Bertz CT molecular complexity index is 869. The third-order valence-electron chi connectivity index (χ3n) is 4.93. The number of aryl methyl sites for hydroxylation is 1. The summed E-state index contributed by atoms with van der Waals surface area (Å²) in [4.78, 5) is 0. The van der Waals surface area contributed by atoms with Crippen LogP contribution in [0.2, 0.25) is 0 Å². The van der Waals surface area contributed by atoms with Gasteiger partial charge in [0.25, 0.3) is 0 Å². The molecule has 4 heteroatoms. The van der Waals surface area contributed by atoms with Crippen molar-refractivity contribution in [3.05, 3.63) is 90.0 Å². The van der Waals surface area contributed by atoms with Crippen molar-refractivity contribution in [1.29, 1.82) is 0 Å². The molecule has 0 aliphatic carbocycles. The van der Waals surface area contributed by atoms with E-state index in [-0.39, 0.29) is 6.42 Å². The van der Waals surface area contributed by atoms with Crippen LogP contribution in [0.5, 0.6) is 5.75 Å². The van der Waals surface area contributed by atoms with Gasteiger partial charge in [0.05, 0.1) is 0 Å². The fourth-order valence-corrected chi connectivity index (χ4v) is 3.27.